The zero-order valence-electron chi connectivity index (χ0n) is 10.3. The molecule has 1 aliphatic heterocycles. The highest BCUT2D eigenvalue weighted by Crippen LogP contribution is 2.12. The number of nitrogens with zero attached hydrogens (tertiary/aromatic N) is 1. The van der Waals surface area contributed by atoms with Gasteiger partial charge in [0.25, 0.3) is 0 Å². The summed E-state index contributed by atoms with van der Waals surface area (Å²) in [6, 6.07) is 2.24. The number of hydrogen-bond donors (Lipinski definition) is 1. The monoisotopic (exact) mass is 238 g/mol. The summed E-state index contributed by atoms with van der Waals surface area (Å²) in [5.74, 6) is 0. The Morgan fingerprint density at radius 1 is 1.50 bits per heavy atom. The predicted octanol–water partition coefficient (Wildman–Crippen LogP) is 2.36. The van der Waals surface area contributed by atoms with Gasteiger partial charge in [0.1, 0.15) is 0 Å². The van der Waals surface area contributed by atoms with Crippen molar-refractivity contribution in [3.63, 3.8) is 0 Å². The first kappa shape index (κ1) is 12.1. The predicted molar refractivity (Wildman–Crippen MR) is 71.2 cm³/mol. The van der Waals surface area contributed by atoms with Crippen molar-refractivity contribution in [3.05, 3.63) is 22.4 Å². The zero-order chi connectivity index (χ0) is 11.4. The fraction of sp³-hybridized carbons (Fsp3) is 0.692. The van der Waals surface area contributed by atoms with E-state index in [1.54, 1.807) is 11.3 Å². The SMILES string of the molecule is CC1(C)CN(CCc2ccsc2)CCCN1. The summed E-state index contributed by atoms with van der Waals surface area (Å²) in [7, 11) is 0. The van der Waals surface area contributed by atoms with Crippen LogP contribution in [0.2, 0.25) is 0 Å². The first-order valence-corrected chi connectivity index (χ1v) is 7.08. The molecule has 1 N–H and O–H groups in total. The van der Waals surface area contributed by atoms with Gasteiger partial charge in [0.05, 0.1) is 0 Å². The molecule has 0 amide bonds. The summed E-state index contributed by atoms with van der Waals surface area (Å²) < 4.78 is 0. The van der Waals surface area contributed by atoms with Crippen LogP contribution in [0.15, 0.2) is 16.8 Å². The van der Waals surface area contributed by atoms with Crippen LogP contribution in [0.25, 0.3) is 0 Å². The molecule has 1 aromatic heterocycles. The molecule has 0 bridgehead atoms. The molecule has 1 saturated heterocycles. The van der Waals surface area contributed by atoms with E-state index in [0.29, 0.717) is 0 Å². The fourth-order valence-corrected chi connectivity index (χ4v) is 3.04. The van der Waals surface area contributed by atoms with Crippen LogP contribution in [-0.2, 0) is 6.42 Å². The van der Waals surface area contributed by atoms with Gasteiger partial charge in [0.15, 0.2) is 0 Å². The van der Waals surface area contributed by atoms with Crippen LogP contribution in [0.4, 0.5) is 0 Å². The van der Waals surface area contributed by atoms with Crippen molar-refractivity contribution in [3.8, 4) is 0 Å². The first-order chi connectivity index (χ1) is 7.66. The highest BCUT2D eigenvalue weighted by atomic mass is 32.1. The minimum Gasteiger partial charge on any atom is -0.310 e. The molecule has 1 aliphatic rings. The molecule has 1 aromatic rings. The fourth-order valence-electron chi connectivity index (χ4n) is 2.34. The Morgan fingerprint density at radius 3 is 3.12 bits per heavy atom. The van der Waals surface area contributed by atoms with E-state index in [1.165, 1.54) is 31.5 Å². The average molecular weight is 238 g/mol. The maximum absolute atomic E-state index is 3.60. The molecule has 0 aliphatic carbocycles. The van der Waals surface area contributed by atoms with Crippen molar-refractivity contribution in [2.24, 2.45) is 0 Å². The quantitative estimate of drug-likeness (QED) is 0.869. The van der Waals surface area contributed by atoms with Crippen molar-refractivity contribution >= 4 is 11.3 Å². The molecule has 0 spiro atoms. The minimum absolute atomic E-state index is 0.269. The van der Waals surface area contributed by atoms with Gasteiger partial charge < -0.3 is 10.2 Å². The number of nitrogens with one attached hydrogen (secondary N) is 1. The summed E-state index contributed by atoms with van der Waals surface area (Å²) in [6.45, 7) is 9.35. The Labute approximate surface area is 103 Å². The second-order valence-electron chi connectivity index (χ2n) is 5.32. The van der Waals surface area contributed by atoms with E-state index in [-0.39, 0.29) is 5.54 Å². The topological polar surface area (TPSA) is 15.3 Å². The lowest BCUT2D eigenvalue weighted by Crippen LogP contribution is -2.46. The summed E-state index contributed by atoms with van der Waals surface area (Å²) in [4.78, 5) is 2.59. The third-order valence-corrected chi connectivity index (χ3v) is 3.90. The lowest BCUT2D eigenvalue weighted by molar-refractivity contribution is 0.233. The molecule has 16 heavy (non-hydrogen) atoms. The molecule has 2 heterocycles. The lowest BCUT2D eigenvalue weighted by Gasteiger charge is -2.29. The molecule has 0 aromatic carbocycles. The largest absolute Gasteiger partial charge is 0.310 e. The van der Waals surface area contributed by atoms with Gasteiger partial charge in [0, 0.05) is 18.6 Å². The van der Waals surface area contributed by atoms with E-state index >= 15 is 0 Å². The molecule has 1 fully saturated rings. The van der Waals surface area contributed by atoms with E-state index < -0.39 is 0 Å². The van der Waals surface area contributed by atoms with Crippen LogP contribution in [0.5, 0.6) is 0 Å². The van der Waals surface area contributed by atoms with E-state index in [2.05, 4.69) is 40.9 Å². The second-order valence-corrected chi connectivity index (χ2v) is 6.10. The number of thiophene rings is 1. The van der Waals surface area contributed by atoms with Gasteiger partial charge in [-0.2, -0.15) is 11.3 Å². The molecule has 0 radical (unpaired) electrons. The molecular formula is C13H22N2S. The third kappa shape index (κ3) is 3.58. The lowest BCUT2D eigenvalue weighted by atomic mass is 10.1. The van der Waals surface area contributed by atoms with Crippen LogP contribution >= 0.6 is 11.3 Å². The van der Waals surface area contributed by atoms with Gasteiger partial charge in [-0.3, -0.25) is 0 Å². The Balaban J connectivity index is 1.84. The van der Waals surface area contributed by atoms with Gasteiger partial charge in [-0.1, -0.05) is 0 Å². The number of hydrogen-bond acceptors (Lipinski definition) is 3. The van der Waals surface area contributed by atoms with Gasteiger partial charge >= 0.3 is 0 Å². The van der Waals surface area contributed by atoms with E-state index in [1.807, 2.05) is 0 Å². The molecule has 90 valence electrons. The maximum Gasteiger partial charge on any atom is 0.0252 e. The van der Waals surface area contributed by atoms with E-state index in [9.17, 15) is 0 Å². The van der Waals surface area contributed by atoms with Crippen molar-refractivity contribution in [2.75, 3.05) is 26.2 Å². The minimum atomic E-state index is 0.269. The summed E-state index contributed by atoms with van der Waals surface area (Å²) in [5.41, 5.74) is 1.76. The Bertz CT molecular complexity index is 306. The summed E-state index contributed by atoms with van der Waals surface area (Å²) in [5, 5.41) is 8.04. The molecule has 3 heteroatoms. The van der Waals surface area contributed by atoms with Crippen molar-refractivity contribution in [2.45, 2.75) is 32.2 Å². The second kappa shape index (κ2) is 5.30. The smallest absolute Gasteiger partial charge is 0.0252 e. The Kier molecular flexibility index (Phi) is 4.00. The molecule has 2 rings (SSSR count). The normalized spacial score (nSPS) is 21.9. The molecular weight excluding hydrogens is 216 g/mol. The van der Waals surface area contributed by atoms with Crippen LogP contribution in [-0.4, -0.2) is 36.6 Å². The zero-order valence-corrected chi connectivity index (χ0v) is 11.1. The highest BCUT2D eigenvalue weighted by Gasteiger charge is 2.23. The van der Waals surface area contributed by atoms with Crippen LogP contribution in [0, 0.1) is 0 Å². The number of rotatable bonds is 3. The first-order valence-electron chi connectivity index (χ1n) is 6.14. The molecule has 0 unspecified atom stereocenters. The van der Waals surface area contributed by atoms with Crippen molar-refractivity contribution in [1.29, 1.82) is 0 Å². The van der Waals surface area contributed by atoms with E-state index in [0.717, 1.165) is 13.1 Å². The molecule has 0 atom stereocenters. The third-order valence-electron chi connectivity index (χ3n) is 3.17. The molecule has 2 nitrogen and oxygen atoms in total. The van der Waals surface area contributed by atoms with Gasteiger partial charge in [-0.05, 0) is 62.2 Å². The maximum atomic E-state index is 3.60. The van der Waals surface area contributed by atoms with E-state index in [4.69, 9.17) is 0 Å². The Hall–Kier alpha value is -0.380. The Morgan fingerprint density at radius 2 is 2.38 bits per heavy atom. The summed E-state index contributed by atoms with van der Waals surface area (Å²) in [6.07, 6.45) is 2.46. The van der Waals surface area contributed by atoms with Gasteiger partial charge in [-0.25, -0.2) is 0 Å². The van der Waals surface area contributed by atoms with Gasteiger partial charge in [-0.15, -0.1) is 0 Å². The highest BCUT2D eigenvalue weighted by molar-refractivity contribution is 7.07. The standard InChI is InChI=1S/C13H22N2S/c1-13(2)11-15(7-3-6-14-13)8-4-12-5-9-16-10-12/h5,9-10,14H,3-4,6-8,11H2,1-2H3. The van der Waals surface area contributed by atoms with Crippen LogP contribution < -0.4 is 5.32 Å². The van der Waals surface area contributed by atoms with Gasteiger partial charge in [0.2, 0.25) is 0 Å². The summed E-state index contributed by atoms with van der Waals surface area (Å²) >= 11 is 1.80. The van der Waals surface area contributed by atoms with Crippen molar-refractivity contribution < 1.29 is 0 Å². The van der Waals surface area contributed by atoms with Crippen LogP contribution in [0.3, 0.4) is 0 Å². The van der Waals surface area contributed by atoms with Crippen LogP contribution in [0.1, 0.15) is 25.8 Å². The van der Waals surface area contributed by atoms with Crippen molar-refractivity contribution in [1.82, 2.24) is 10.2 Å². The average Bonchev–Trinajstić information content (AvgIpc) is 2.67. The molecule has 0 saturated carbocycles.